The molecular formula is C17H16ClN5O. The number of hydrogen-bond donors (Lipinski definition) is 1. The molecule has 0 saturated carbocycles. The molecule has 3 rings (SSSR count). The van der Waals surface area contributed by atoms with Gasteiger partial charge in [-0.05, 0) is 43.2 Å². The molecule has 0 spiro atoms. The molecule has 2 aromatic heterocycles. The van der Waals surface area contributed by atoms with Crippen LogP contribution < -0.4 is 5.32 Å². The first kappa shape index (κ1) is 16.1. The number of amides is 1. The highest BCUT2D eigenvalue weighted by atomic mass is 35.5. The lowest BCUT2D eigenvalue weighted by Gasteiger charge is -2.06. The number of nitrogens with zero attached hydrogens (tertiary/aromatic N) is 4. The number of aromatic nitrogens is 4. The minimum absolute atomic E-state index is 0.277. The number of aryl methyl sites for hydroxylation is 1. The molecule has 0 fully saturated rings. The van der Waals surface area contributed by atoms with Crippen LogP contribution in [-0.4, -0.2) is 25.9 Å². The molecule has 2 heterocycles. The van der Waals surface area contributed by atoms with Crippen molar-refractivity contribution in [2.75, 3.05) is 0 Å². The standard InChI is InChI=1S/C17H16ClN5O/c1-11-5-6-14(8-15(11)18)23-12(2)16(21-22-23)17(24)20-10-13-4-3-7-19-9-13/h3-9H,10H2,1-2H3,(H,20,24). The summed E-state index contributed by atoms with van der Waals surface area (Å²) in [5.74, 6) is -0.277. The van der Waals surface area contributed by atoms with Gasteiger partial charge in [0.15, 0.2) is 5.69 Å². The van der Waals surface area contributed by atoms with Crippen molar-refractivity contribution in [1.29, 1.82) is 0 Å². The van der Waals surface area contributed by atoms with E-state index in [2.05, 4.69) is 20.6 Å². The van der Waals surface area contributed by atoms with Gasteiger partial charge in [-0.2, -0.15) is 0 Å². The SMILES string of the molecule is Cc1ccc(-n2nnc(C(=O)NCc3cccnc3)c2C)cc1Cl. The molecule has 0 atom stereocenters. The maximum absolute atomic E-state index is 12.3. The van der Waals surface area contributed by atoms with E-state index in [1.807, 2.05) is 31.2 Å². The fraction of sp³-hybridized carbons (Fsp3) is 0.176. The monoisotopic (exact) mass is 341 g/mol. The first-order valence-electron chi connectivity index (χ1n) is 7.42. The van der Waals surface area contributed by atoms with Crippen LogP contribution in [0.4, 0.5) is 0 Å². The average Bonchev–Trinajstić information content (AvgIpc) is 2.98. The van der Waals surface area contributed by atoms with E-state index in [1.165, 1.54) is 0 Å². The number of pyridine rings is 1. The fourth-order valence-corrected chi connectivity index (χ4v) is 2.44. The third-order valence-corrected chi connectivity index (χ3v) is 4.09. The Bertz CT molecular complexity index is 876. The Labute approximate surface area is 144 Å². The Balaban J connectivity index is 1.79. The Morgan fingerprint density at radius 3 is 2.83 bits per heavy atom. The first-order valence-corrected chi connectivity index (χ1v) is 7.80. The predicted octanol–water partition coefficient (Wildman–Crippen LogP) is 2.86. The summed E-state index contributed by atoms with van der Waals surface area (Å²) in [7, 11) is 0. The quantitative estimate of drug-likeness (QED) is 0.792. The number of rotatable bonds is 4. The highest BCUT2D eigenvalue weighted by molar-refractivity contribution is 6.31. The average molecular weight is 342 g/mol. The van der Waals surface area contributed by atoms with Gasteiger partial charge in [-0.3, -0.25) is 9.78 Å². The van der Waals surface area contributed by atoms with Crippen molar-refractivity contribution in [2.45, 2.75) is 20.4 Å². The van der Waals surface area contributed by atoms with E-state index in [9.17, 15) is 4.79 Å². The number of benzene rings is 1. The molecule has 0 unspecified atom stereocenters. The summed E-state index contributed by atoms with van der Waals surface area (Å²) in [5, 5.41) is 11.5. The summed E-state index contributed by atoms with van der Waals surface area (Å²) >= 11 is 6.16. The second-order valence-electron chi connectivity index (χ2n) is 5.41. The van der Waals surface area contributed by atoms with E-state index < -0.39 is 0 Å². The van der Waals surface area contributed by atoms with Crippen LogP contribution >= 0.6 is 11.6 Å². The van der Waals surface area contributed by atoms with E-state index in [0.29, 0.717) is 17.3 Å². The molecule has 1 amide bonds. The minimum atomic E-state index is -0.277. The van der Waals surface area contributed by atoms with Crippen LogP contribution in [0.3, 0.4) is 0 Å². The van der Waals surface area contributed by atoms with Gasteiger partial charge in [0.1, 0.15) is 0 Å². The van der Waals surface area contributed by atoms with Crippen molar-refractivity contribution in [1.82, 2.24) is 25.3 Å². The molecule has 1 N–H and O–H groups in total. The number of carbonyl (C=O) groups excluding carboxylic acids is 1. The van der Waals surface area contributed by atoms with E-state index >= 15 is 0 Å². The van der Waals surface area contributed by atoms with Crippen LogP contribution in [0, 0.1) is 13.8 Å². The highest BCUT2D eigenvalue weighted by Gasteiger charge is 2.17. The van der Waals surface area contributed by atoms with E-state index in [-0.39, 0.29) is 11.6 Å². The summed E-state index contributed by atoms with van der Waals surface area (Å²) in [6, 6.07) is 9.31. The Morgan fingerprint density at radius 1 is 1.29 bits per heavy atom. The van der Waals surface area contributed by atoms with Gasteiger partial charge in [0.05, 0.1) is 11.4 Å². The molecule has 122 valence electrons. The summed E-state index contributed by atoms with van der Waals surface area (Å²) in [6.45, 7) is 4.11. The molecule has 0 aliphatic carbocycles. The molecule has 0 radical (unpaired) electrons. The molecule has 0 bridgehead atoms. The smallest absolute Gasteiger partial charge is 0.274 e. The third-order valence-electron chi connectivity index (χ3n) is 3.69. The Hall–Kier alpha value is -2.73. The molecule has 6 nitrogen and oxygen atoms in total. The highest BCUT2D eigenvalue weighted by Crippen LogP contribution is 2.20. The van der Waals surface area contributed by atoms with Crippen LogP contribution in [0.5, 0.6) is 0 Å². The van der Waals surface area contributed by atoms with E-state index in [1.54, 1.807) is 30.1 Å². The molecule has 0 aliphatic heterocycles. The van der Waals surface area contributed by atoms with Crippen LogP contribution in [0.25, 0.3) is 5.69 Å². The van der Waals surface area contributed by atoms with Gasteiger partial charge in [0, 0.05) is 24.0 Å². The molecule has 24 heavy (non-hydrogen) atoms. The van der Waals surface area contributed by atoms with Crippen LogP contribution in [-0.2, 0) is 6.54 Å². The van der Waals surface area contributed by atoms with Gasteiger partial charge in [0.2, 0.25) is 0 Å². The number of hydrogen-bond acceptors (Lipinski definition) is 4. The number of carbonyl (C=O) groups is 1. The van der Waals surface area contributed by atoms with Gasteiger partial charge in [-0.1, -0.05) is 28.9 Å². The van der Waals surface area contributed by atoms with Crippen LogP contribution in [0.1, 0.15) is 27.3 Å². The van der Waals surface area contributed by atoms with Gasteiger partial charge >= 0.3 is 0 Å². The molecule has 1 aromatic carbocycles. The van der Waals surface area contributed by atoms with Crippen molar-refractivity contribution >= 4 is 17.5 Å². The molecule has 7 heteroatoms. The lowest BCUT2D eigenvalue weighted by atomic mass is 10.2. The fourth-order valence-electron chi connectivity index (χ4n) is 2.27. The minimum Gasteiger partial charge on any atom is -0.346 e. The topological polar surface area (TPSA) is 72.7 Å². The zero-order valence-electron chi connectivity index (χ0n) is 13.3. The summed E-state index contributed by atoms with van der Waals surface area (Å²) in [4.78, 5) is 16.3. The van der Waals surface area contributed by atoms with Crippen molar-refractivity contribution in [3.8, 4) is 5.69 Å². The number of halogens is 1. The number of nitrogens with one attached hydrogen (secondary N) is 1. The van der Waals surface area contributed by atoms with Crippen molar-refractivity contribution < 1.29 is 4.79 Å². The molecule has 3 aromatic rings. The maximum atomic E-state index is 12.3. The van der Waals surface area contributed by atoms with Gasteiger partial charge in [0.25, 0.3) is 5.91 Å². The predicted molar refractivity (Wildman–Crippen MR) is 91.3 cm³/mol. The van der Waals surface area contributed by atoms with E-state index in [0.717, 1.165) is 16.8 Å². The van der Waals surface area contributed by atoms with Gasteiger partial charge < -0.3 is 5.32 Å². The van der Waals surface area contributed by atoms with Gasteiger partial charge in [-0.25, -0.2) is 4.68 Å². The normalized spacial score (nSPS) is 10.6. The third kappa shape index (κ3) is 3.28. The summed E-state index contributed by atoms with van der Waals surface area (Å²) in [6.07, 6.45) is 3.39. The maximum Gasteiger partial charge on any atom is 0.274 e. The van der Waals surface area contributed by atoms with Crippen molar-refractivity contribution in [3.63, 3.8) is 0 Å². The van der Waals surface area contributed by atoms with Crippen LogP contribution in [0.2, 0.25) is 5.02 Å². The van der Waals surface area contributed by atoms with Crippen LogP contribution in [0.15, 0.2) is 42.7 Å². The summed E-state index contributed by atoms with van der Waals surface area (Å²) in [5.41, 5.74) is 3.60. The molecular weight excluding hydrogens is 326 g/mol. The second-order valence-corrected chi connectivity index (χ2v) is 5.82. The lowest BCUT2D eigenvalue weighted by Crippen LogP contribution is -2.24. The zero-order valence-corrected chi connectivity index (χ0v) is 14.1. The molecule has 0 saturated heterocycles. The van der Waals surface area contributed by atoms with Crippen molar-refractivity contribution in [3.05, 3.63) is 70.3 Å². The molecule has 0 aliphatic rings. The van der Waals surface area contributed by atoms with E-state index in [4.69, 9.17) is 11.6 Å². The van der Waals surface area contributed by atoms with Crippen molar-refractivity contribution in [2.24, 2.45) is 0 Å². The van der Waals surface area contributed by atoms with Gasteiger partial charge in [-0.15, -0.1) is 5.10 Å². The lowest BCUT2D eigenvalue weighted by molar-refractivity contribution is 0.0945. The Kier molecular flexibility index (Phi) is 4.57. The largest absolute Gasteiger partial charge is 0.346 e. The summed E-state index contributed by atoms with van der Waals surface area (Å²) < 4.78 is 1.60. The zero-order chi connectivity index (χ0) is 17.1. The second kappa shape index (κ2) is 6.80. The Morgan fingerprint density at radius 2 is 2.12 bits per heavy atom. The first-order chi connectivity index (χ1) is 11.6.